The van der Waals surface area contributed by atoms with Crippen molar-refractivity contribution in [2.24, 2.45) is 7.05 Å². The quantitative estimate of drug-likeness (QED) is 0.502. The molecule has 0 spiro atoms. The van der Waals surface area contributed by atoms with Gasteiger partial charge in [0, 0.05) is 50.2 Å². The zero-order valence-corrected chi connectivity index (χ0v) is 18.1. The number of nitrogens with zero attached hydrogens (tertiary/aromatic N) is 7. The molecule has 156 valence electrons. The van der Waals surface area contributed by atoms with E-state index >= 15 is 0 Å². The van der Waals surface area contributed by atoms with Gasteiger partial charge in [0.2, 0.25) is 10.0 Å². The fourth-order valence-electron chi connectivity index (χ4n) is 3.70. The lowest BCUT2D eigenvalue weighted by atomic mass is 10.1. The molecule has 0 amide bonds. The highest BCUT2D eigenvalue weighted by Crippen LogP contribution is 2.32. The second-order valence-corrected chi connectivity index (χ2v) is 10.2. The highest BCUT2D eigenvalue weighted by Gasteiger charge is 2.31. The van der Waals surface area contributed by atoms with Crippen LogP contribution in [0.1, 0.15) is 18.0 Å². The molecule has 1 aliphatic rings. The molecular formula is C18H20N8O2S2. The molecule has 4 aromatic heterocycles. The Kier molecular flexibility index (Phi) is 4.56. The number of sulfonamides is 1. The molecule has 10 nitrogen and oxygen atoms in total. The number of aromatic nitrogens is 6. The molecule has 0 saturated carbocycles. The van der Waals surface area contributed by atoms with Gasteiger partial charge in [-0.3, -0.25) is 9.08 Å². The smallest absolute Gasteiger partial charge is 0.211 e. The summed E-state index contributed by atoms with van der Waals surface area (Å²) in [5.41, 5.74) is 3.51. The third-order valence-electron chi connectivity index (χ3n) is 5.24. The van der Waals surface area contributed by atoms with Gasteiger partial charge in [-0.2, -0.15) is 9.47 Å². The second-order valence-electron chi connectivity index (χ2n) is 7.36. The molecule has 4 aromatic rings. The first-order chi connectivity index (χ1) is 14.4. The molecule has 0 radical (unpaired) electrons. The Bertz CT molecular complexity index is 1320. The SMILES string of the molecule is Cn1cc(-c2cnc3c(Nc4cc(C5CCN(S(C)(=O)=O)C5)ns4)nccn23)cn1. The van der Waals surface area contributed by atoms with E-state index in [2.05, 4.69) is 24.8 Å². The zero-order chi connectivity index (χ0) is 20.9. The van der Waals surface area contributed by atoms with Crippen LogP contribution in [0.15, 0.2) is 37.1 Å². The molecule has 1 fully saturated rings. The predicted octanol–water partition coefficient (Wildman–Crippen LogP) is 2.08. The van der Waals surface area contributed by atoms with Crippen molar-refractivity contribution in [3.63, 3.8) is 0 Å². The number of rotatable bonds is 5. The van der Waals surface area contributed by atoms with Gasteiger partial charge in [0.05, 0.1) is 30.0 Å². The maximum absolute atomic E-state index is 11.8. The maximum Gasteiger partial charge on any atom is 0.211 e. The van der Waals surface area contributed by atoms with E-state index in [1.54, 1.807) is 23.3 Å². The van der Waals surface area contributed by atoms with Crippen molar-refractivity contribution in [2.75, 3.05) is 24.7 Å². The van der Waals surface area contributed by atoms with Gasteiger partial charge in [0.25, 0.3) is 0 Å². The Morgan fingerprint density at radius 3 is 2.87 bits per heavy atom. The van der Waals surface area contributed by atoms with E-state index in [9.17, 15) is 8.42 Å². The van der Waals surface area contributed by atoms with Gasteiger partial charge in [-0.05, 0) is 24.0 Å². The summed E-state index contributed by atoms with van der Waals surface area (Å²) in [5.74, 6) is 0.742. The first kappa shape index (κ1) is 19.2. The van der Waals surface area contributed by atoms with Crippen LogP contribution in [0, 0.1) is 0 Å². The van der Waals surface area contributed by atoms with E-state index in [-0.39, 0.29) is 5.92 Å². The van der Waals surface area contributed by atoms with Crippen LogP contribution in [0.5, 0.6) is 0 Å². The molecule has 0 aromatic carbocycles. The van der Waals surface area contributed by atoms with Crippen LogP contribution in [0.4, 0.5) is 10.8 Å². The van der Waals surface area contributed by atoms with Crippen molar-refractivity contribution in [3.8, 4) is 11.3 Å². The number of aryl methyl sites for hydroxylation is 1. The minimum Gasteiger partial charge on any atom is -0.328 e. The molecule has 5 heterocycles. The molecule has 5 rings (SSSR count). The van der Waals surface area contributed by atoms with Crippen LogP contribution in [-0.2, 0) is 17.1 Å². The van der Waals surface area contributed by atoms with Crippen LogP contribution < -0.4 is 5.32 Å². The number of hydrogen-bond acceptors (Lipinski definition) is 8. The Hall–Kier alpha value is -2.83. The number of imidazole rings is 1. The molecule has 30 heavy (non-hydrogen) atoms. The molecule has 1 saturated heterocycles. The predicted molar refractivity (Wildman–Crippen MR) is 114 cm³/mol. The second kappa shape index (κ2) is 7.15. The third-order valence-corrected chi connectivity index (χ3v) is 7.23. The molecule has 12 heteroatoms. The minimum absolute atomic E-state index is 0.110. The summed E-state index contributed by atoms with van der Waals surface area (Å²) in [7, 11) is -1.29. The lowest BCUT2D eigenvalue weighted by Gasteiger charge is -2.11. The normalized spacial score (nSPS) is 17.7. The topological polar surface area (TPSA) is 110 Å². The number of nitrogens with one attached hydrogen (secondary N) is 1. The van der Waals surface area contributed by atoms with Crippen molar-refractivity contribution in [3.05, 3.63) is 42.7 Å². The van der Waals surface area contributed by atoms with Gasteiger partial charge in [-0.1, -0.05) is 0 Å². The first-order valence-corrected chi connectivity index (χ1v) is 12.0. The zero-order valence-electron chi connectivity index (χ0n) is 16.4. The summed E-state index contributed by atoms with van der Waals surface area (Å²) in [6.07, 6.45) is 11.2. The highest BCUT2D eigenvalue weighted by atomic mass is 32.2. The van der Waals surface area contributed by atoms with Crippen LogP contribution in [0.25, 0.3) is 16.9 Å². The van der Waals surface area contributed by atoms with Gasteiger partial charge in [-0.15, -0.1) is 0 Å². The molecule has 1 unspecified atom stereocenters. The third kappa shape index (κ3) is 3.46. The fourth-order valence-corrected chi connectivity index (χ4v) is 5.31. The standard InChI is InChI=1S/C18H20N8O2S2/c1-24-10-13(8-21-24)15-9-20-18-17(19-4-6-26(15)18)22-16-7-14(23-29-16)12-3-5-25(11-12)30(2,27)28/h4,6-10,12H,3,5,11H2,1-2H3,(H,19,22). The van der Waals surface area contributed by atoms with Gasteiger partial charge in [0.15, 0.2) is 11.5 Å². The van der Waals surface area contributed by atoms with Crippen molar-refractivity contribution in [2.45, 2.75) is 12.3 Å². The Balaban J connectivity index is 1.39. The first-order valence-electron chi connectivity index (χ1n) is 9.38. The monoisotopic (exact) mass is 444 g/mol. The average Bonchev–Trinajstić information content (AvgIpc) is 3.47. The summed E-state index contributed by atoms with van der Waals surface area (Å²) < 4.78 is 33.3. The van der Waals surface area contributed by atoms with Gasteiger partial charge < -0.3 is 5.32 Å². The van der Waals surface area contributed by atoms with Crippen molar-refractivity contribution < 1.29 is 8.42 Å². The van der Waals surface area contributed by atoms with Crippen LogP contribution in [-0.4, -0.2) is 60.6 Å². The Morgan fingerprint density at radius 2 is 2.13 bits per heavy atom. The Morgan fingerprint density at radius 1 is 1.27 bits per heavy atom. The number of fused-ring (bicyclic) bond motifs is 1. The lowest BCUT2D eigenvalue weighted by molar-refractivity contribution is 0.478. The van der Waals surface area contributed by atoms with E-state index in [4.69, 9.17) is 0 Å². The Labute approximate surface area is 177 Å². The molecule has 1 aliphatic heterocycles. The van der Waals surface area contributed by atoms with Crippen molar-refractivity contribution >= 4 is 38.0 Å². The molecular weight excluding hydrogens is 424 g/mol. The van der Waals surface area contributed by atoms with E-state index in [1.807, 2.05) is 29.9 Å². The molecule has 1 N–H and O–H groups in total. The van der Waals surface area contributed by atoms with Crippen molar-refractivity contribution in [1.29, 1.82) is 0 Å². The fraction of sp³-hybridized carbons (Fsp3) is 0.333. The van der Waals surface area contributed by atoms with E-state index in [1.165, 1.54) is 22.1 Å². The van der Waals surface area contributed by atoms with E-state index in [0.29, 0.717) is 24.6 Å². The van der Waals surface area contributed by atoms with E-state index in [0.717, 1.165) is 28.4 Å². The average molecular weight is 445 g/mol. The number of anilines is 2. The van der Waals surface area contributed by atoms with Crippen LogP contribution in [0.3, 0.4) is 0 Å². The van der Waals surface area contributed by atoms with Crippen LogP contribution in [0.2, 0.25) is 0 Å². The van der Waals surface area contributed by atoms with Crippen molar-refractivity contribution in [1.82, 2.24) is 32.8 Å². The maximum atomic E-state index is 11.8. The summed E-state index contributed by atoms with van der Waals surface area (Å²) >= 11 is 1.34. The molecule has 0 bridgehead atoms. The largest absolute Gasteiger partial charge is 0.328 e. The minimum atomic E-state index is -3.16. The van der Waals surface area contributed by atoms with Gasteiger partial charge in [0.1, 0.15) is 5.00 Å². The summed E-state index contributed by atoms with van der Waals surface area (Å²) in [4.78, 5) is 8.98. The molecule has 0 aliphatic carbocycles. The number of hydrogen-bond donors (Lipinski definition) is 1. The highest BCUT2D eigenvalue weighted by molar-refractivity contribution is 7.88. The summed E-state index contributed by atoms with van der Waals surface area (Å²) in [5, 5.41) is 8.38. The van der Waals surface area contributed by atoms with E-state index < -0.39 is 10.0 Å². The van der Waals surface area contributed by atoms with Crippen LogP contribution >= 0.6 is 11.5 Å². The summed E-state index contributed by atoms with van der Waals surface area (Å²) in [6, 6.07) is 1.97. The van der Waals surface area contributed by atoms with Gasteiger partial charge >= 0.3 is 0 Å². The lowest BCUT2D eigenvalue weighted by Crippen LogP contribution is -2.27. The molecule has 1 atom stereocenters. The van der Waals surface area contributed by atoms with Gasteiger partial charge in [-0.25, -0.2) is 22.7 Å². The summed E-state index contributed by atoms with van der Waals surface area (Å²) in [6.45, 7) is 1.01.